The summed E-state index contributed by atoms with van der Waals surface area (Å²) in [5, 5.41) is 2.72. The molecule has 1 aromatic carbocycles. The molecule has 9 nitrogen and oxygen atoms in total. The molecule has 0 aliphatic carbocycles. The fraction of sp³-hybridized carbons (Fsp3) is 0.381. The Hall–Kier alpha value is -3.49. The number of nitrogens with zero attached hydrogens (tertiary/aromatic N) is 2. The number of amides is 4. The van der Waals surface area contributed by atoms with Crippen molar-refractivity contribution in [3.63, 3.8) is 0 Å². The third-order valence-corrected chi connectivity index (χ3v) is 5.47. The number of furan rings is 1. The average molecular weight is 413 g/mol. The Kier molecular flexibility index (Phi) is 5.35. The number of nitrogens with one attached hydrogen (secondary N) is 1. The Balaban J connectivity index is 1.41. The number of imide groups is 1. The molecular formula is C21H23N3O6. The van der Waals surface area contributed by atoms with E-state index in [1.54, 1.807) is 31.3 Å². The number of ether oxygens (including phenoxy) is 2. The summed E-state index contributed by atoms with van der Waals surface area (Å²) in [6, 6.07) is 6.26. The first kappa shape index (κ1) is 19.8. The molecule has 1 fully saturated rings. The van der Waals surface area contributed by atoms with Gasteiger partial charge in [-0.25, -0.2) is 4.79 Å². The lowest BCUT2D eigenvalue weighted by Gasteiger charge is -2.29. The van der Waals surface area contributed by atoms with Gasteiger partial charge in [-0.05, 0) is 35.4 Å². The Morgan fingerprint density at radius 2 is 1.93 bits per heavy atom. The maximum Gasteiger partial charge on any atom is 0.327 e. The lowest BCUT2D eigenvalue weighted by molar-refractivity contribution is -0.129. The fourth-order valence-corrected chi connectivity index (χ4v) is 3.87. The van der Waals surface area contributed by atoms with E-state index in [2.05, 4.69) is 5.32 Å². The van der Waals surface area contributed by atoms with Gasteiger partial charge in [-0.2, -0.15) is 0 Å². The van der Waals surface area contributed by atoms with Gasteiger partial charge in [0.25, 0.3) is 5.91 Å². The van der Waals surface area contributed by atoms with Crippen LogP contribution in [0.3, 0.4) is 0 Å². The highest BCUT2D eigenvalue weighted by molar-refractivity contribution is 6.04. The monoisotopic (exact) mass is 413 g/mol. The van der Waals surface area contributed by atoms with Crippen LogP contribution >= 0.6 is 0 Å². The van der Waals surface area contributed by atoms with Crippen LogP contribution in [0.1, 0.15) is 23.3 Å². The highest BCUT2D eigenvalue weighted by Gasteiger charge is 2.47. The molecule has 4 rings (SSSR count). The molecule has 1 atom stereocenters. The molecule has 1 N–H and O–H groups in total. The van der Waals surface area contributed by atoms with E-state index < -0.39 is 6.04 Å². The minimum atomic E-state index is -0.561. The van der Waals surface area contributed by atoms with Gasteiger partial charge in [0.05, 0.1) is 27.0 Å². The summed E-state index contributed by atoms with van der Waals surface area (Å²) in [5.41, 5.74) is 1.87. The maximum atomic E-state index is 12.9. The Morgan fingerprint density at radius 1 is 1.20 bits per heavy atom. The van der Waals surface area contributed by atoms with Crippen molar-refractivity contribution >= 4 is 17.8 Å². The molecule has 2 aliphatic rings. The zero-order valence-electron chi connectivity index (χ0n) is 16.8. The molecule has 0 radical (unpaired) electrons. The van der Waals surface area contributed by atoms with E-state index in [0.29, 0.717) is 30.2 Å². The smallest absolute Gasteiger partial charge is 0.327 e. The molecule has 2 aromatic rings. The highest BCUT2D eigenvalue weighted by atomic mass is 16.5. The predicted octanol–water partition coefficient (Wildman–Crippen LogP) is 1.69. The van der Waals surface area contributed by atoms with Gasteiger partial charge in [0.15, 0.2) is 11.5 Å². The number of carbonyl (C=O) groups excluding carboxylic acids is 3. The van der Waals surface area contributed by atoms with Crippen molar-refractivity contribution in [1.82, 2.24) is 15.1 Å². The summed E-state index contributed by atoms with van der Waals surface area (Å²) in [7, 11) is 3.11. The first-order valence-corrected chi connectivity index (χ1v) is 9.66. The van der Waals surface area contributed by atoms with Crippen molar-refractivity contribution in [1.29, 1.82) is 0 Å². The van der Waals surface area contributed by atoms with Gasteiger partial charge in [-0.15, -0.1) is 0 Å². The van der Waals surface area contributed by atoms with Crippen molar-refractivity contribution in [3.8, 4) is 11.5 Å². The Morgan fingerprint density at radius 3 is 2.60 bits per heavy atom. The molecule has 1 saturated heterocycles. The lowest BCUT2D eigenvalue weighted by Crippen LogP contribution is -2.40. The second-order valence-electron chi connectivity index (χ2n) is 7.20. The van der Waals surface area contributed by atoms with Crippen LogP contribution in [0.4, 0.5) is 4.79 Å². The summed E-state index contributed by atoms with van der Waals surface area (Å²) in [4.78, 5) is 40.5. The van der Waals surface area contributed by atoms with Gasteiger partial charge in [0, 0.05) is 25.9 Å². The number of fused-ring (bicyclic) bond motifs is 2. The van der Waals surface area contributed by atoms with E-state index >= 15 is 0 Å². The Bertz CT molecular complexity index is 920. The minimum Gasteiger partial charge on any atom is -0.493 e. The number of rotatable bonds is 7. The normalized spacial score (nSPS) is 17.6. The average Bonchev–Trinajstić information content (AvgIpc) is 3.36. The summed E-state index contributed by atoms with van der Waals surface area (Å²) in [6.45, 7) is 0.616. The third kappa shape index (κ3) is 3.58. The van der Waals surface area contributed by atoms with Crippen molar-refractivity contribution in [3.05, 3.63) is 47.4 Å². The van der Waals surface area contributed by atoms with Crippen LogP contribution in [0.25, 0.3) is 0 Å². The molecule has 3 heterocycles. The molecule has 9 heteroatoms. The van der Waals surface area contributed by atoms with Crippen LogP contribution in [0.5, 0.6) is 11.5 Å². The molecular weight excluding hydrogens is 390 g/mol. The van der Waals surface area contributed by atoms with Crippen LogP contribution in [-0.2, 0) is 29.1 Å². The molecule has 4 amide bonds. The molecule has 0 spiro atoms. The number of benzene rings is 1. The fourth-order valence-electron chi connectivity index (χ4n) is 3.87. The molecule has 0 bridgehead atoms. The quantitative estimate of drug-likeness (QED) is 0.694. The second kappa shape index (κ2) is 8.10. The number of hydrogen-bond acceptors (Lipinski definition) is 6. The van der Waals surface area contributed by atoms with Gasteiger partial charge in [-0.1, -0.05) is 0 Å². The van der Waals surface area contributed by atoms with Crippen LogP contribution in [0.2, 0.25) is 0 Å². The van der Waals surface area contributed by atoms with Crippen molar-refractivity contribution in [2.45, 2.75) is 32.0 Å². The SMILES string of the molecule is COc1cc2c(cc1OC)CN1C(=O)N(CCC(=O)NCc3ccco3)C(=O)C1C2. The van der Waals surface area contributed by atoms with Gasteiger partial charge in [0.1, 0.15) is 11.8 Å². The molecule has 0 saturated carbocycles. The largest absolute Gasteiger partial charge is 0.493 e. The molecule has 1 unspecified atom stereocenters. The van der Waals surface area contributed by atoms with Gasteiger partial charge >= 0.3 is 6.03 Å². The number of carbonyl (C=O) groups is 3. The molecule has 158 valence electrons. The van der Waals surface area contributed by atoms with Crippen LogP contribution in [0.15, 0.2) is 34.9 Å². The third-order valence-electron chi connectivity index (χ3n) is 5.47. The first-order chi connectivity index (χ1) is 14.5. The summed E-state index contributed by atoms with van der Waals surface area (Å²) in [6.07, 6.45) is 1.97. The minimum absolute atomic E-state index is 0.0351. The highest BCUT2D eigenvalue weighted by Crippen LogP contribution is 2.37. The van der Waals surface area contributed by atoms with Gasteiger partial charge in [0.2, 0.25) is 5.91 Å². The summed E-state index contributed by atoms with van der Waals surface area (Å²) >= 11 is 0. The molecule has 1 aromatic heterocycles. The summed E-state index contributed by atoms with van der Waals surface area (Å²) < 4.78 is 15.9. The van der Waals surface area contributed by atoms with Crippen molar-refractivity contribution in [2.24, 2.45) is 0 Å². The van der Waals surface area contributed by atoms with Crippen LogP contribution in [-0.4, -0.2) is 54.5 Å². The first-order valence-electron chi connectivity index (χ1n) is 9.66. The molecule has 30 heavy (non-hydrogen) atoms. The van der Waals surface area contributed by atoms with Gasteiger partial charge < -0.3 is 24.1 Å². The number of urea groups is 1. The molecule has 2 aliphatic heterocycles. The van der Waals surface area contributed by atoms with E-state index in [0.717, 1.165) is 16.0 Å². The van der Waals surface area contributed by atoms with E-state index in [9.17, 15) is 14.4 Å². The lowest BCUT2D eigenvalue weighted by atomic mass is 9.94. The van der Waals surface area contributed by atoms with Crippen LogP contribution < -0.4 is 14.8 Å². The topological polar surface area (TPSA) is 101 Å². The van der Waals surface area contributed by atoms with Crippen LogP contribution in [0, 0.1) is 0 Å². The van der Waals surface area contributed by atoms with Crippen molar-refractivity contribution < 1.29 is 28.3 Å². The number of methoxy groups -OCH3 is 2. The predicted molar refractivity (Wildman–Crippen MR) is 105 cm³/mol. The van der Waals surface area contributed by atoms with E-state index in [4.69, 9.17) is 13.9 Å². The second-order valence-corrected chi connectivity index (χ2v) is 7.20. The summed E-state index contributed by atoms with van der Waals surface area (Å²) in [5.74, 6) is 1.27. The number of hydrogen-bond donors (Lipinski definition) is 1. The van der Waals surface area contributed by atoms with Crippen molar-refractivity contribution in [2.75, 3.05) is 20.8 Å². The zero-order chi connectivity index (χ0) is 21.3. The standard InChI is InChI=1S/C21H23N3O6/c1-28-17-9-13-8-16-20(26)23(6-5-19(25)22-11-15-4-3-7-30-15)21(27)24(16)12-14(13)10-18(17)29-2/h3-4,7,9-10,16H,5-6,8,11-12H2,1-2H3,(H,22,25). The Labute approximate surface area is 173 Å². The van der Waals surface area contributed by atoms with E-state index in [1.165, 1.54) is 6.26 Å². The van der Waals surface area contributed by atoms with E-state index in [-0.39, 0.29) is 37.4 Å². The zero-order valence-corrected chi connectivity index (χ0v) is 16.8. The van der Waals surface area contributed by atoms with E-state index in [1.807, 2.05) is 12.1 Å². The maximum absolute atomic E-state index is 12.9. The van der Waals surface area contributed by atoms with Gasteiger partial charge in [-0.3, -0.25) is 14.5 Å².